The Morgan fingerprint density at radius 2 is 1.81 bits per heavy atom. The van der Waals surface area contributed by atoms with Gasteiger partial charge in [0.05, 0.1) is 14.2 Å². The van der Waals surface area contributed by atoms with Gasteiger partial charge < -0.3 is 15.0 Å². The fourth-order valence-electron chi connectivity index (χ4n) is 4.56. The number of aryl methyl sites for hydroxylation is 2. The summed E-state index contributed by atoms with van der Waals surface area (Å²) in [5, 5.41) is 3.32. The molecule has 1 saturated heterocycles. The molecule has 36 heavy (non-hydrogen) atoms. The summed E-state index contributed by atoms with van der Waals surface area (Å²) in [5.41, 5.74) is 5.87. The molecular formula is C27H36N6O3. The Bertz CT molecular complexity index is 1080. The lowest BCUT2D eigenvalue weighted by Crippen LogP contribution is -2.49. The van der Waals surface area contributed by atoms with Gasteiger partial charge in [0.1, 0.15) is 5.75 Å². The molecule has 1 atom stereocenters. The maximum atomic E-state index is 12.1. The van der Waals surface area contributed by atoms with Crippen LogP contribution in [0.2, 0.25) is 0 Å². The van der Waals surface area contributed by atoms with E-state index in [1.165, 1.54) is 7.11 Å². The van der Waals surface area contributed by atoms with E-state index in [0.29, 0.717) is 23.3 Å². The number of nitrogens with one attached hydrogen (secondary N) is 2. The first-order valence-electron chi connectivity index (χ1n) is 12.5. The van der Waals surface area contributed by atoms with E-state index in [-0.39, 0.29) is 5.91 Å². The molecule has 1 aliphatic heterocycles. The van der Waals surface area contributed by atoms with Crippen LogP contribution in [0.3, 0.4) is 0 Å². The standard InChI is InChI=1S/C27H36N6O3/c1-4-32-11-13-33(14-12-32)24-9-7-23(8-10-24)30-27-28-18-21(19-29-27)6-5-20-15-22(26(34)31-36-3)17-25(16-20)35-2/h7-9,15-19,24H,4-6,10-14H2,1-3H3,(H,31,34)(H,28,29,30)/t24-/m0/s1. The van der Waals surface area contributed by atoms with Crippen LogP contribution >= 0.6 is 0 Å². The fraction of sp³-hybridized carbons (Fsp3) is 0.444. The van der Waals surface area contributed by atoms with Gasteiger partial charge in [0.25, 0.3) is 5.91 Å². The molecule has 0 radical (unpaired) electrons. The van der Waals surface area contributed by atoms with E-state index >= 15 is 0 Å². The Morgan fingerprint density at radius 3 is 2.44 bits per heavy atom. The Kier molecular flexibility index (Phi) is 9.05. The number of ether oxygens (including phenoxy) is 1. The van der Waals surface area contributed by atoms with E-state index in [2.05, 4.69) is 55.7 Å². The third kappa shape index (κ3) is 6.90. The van der Waals surface area contributed by atoms with Crippen molar-refractivity contribution >= 4 is 11.9 Å². The molecule has 9 nitrogen and oxygen atoms in total. The summed E-state index contributed by atoms with van der Waals surface area (Å²) in [7, 11) is 2.99. The maximum absolute atomic E-state index is 12.1. The highest BCUT2D eigenvalue weighted by Crippen LogP contribution is 2.20. The number of rotatable bonds is 10. The second kappa shape index (κ2) is 12.6. The van der Waals surface area contributed by atoms with Crippen LogP contribution in [-0.2, 0) is 17.7 Å². The number of likely N-dealkylation sites (N-methyl/N-ethyl adjacent to an activating group) is 1. The van der Waals surface area contributed by atoms with Gasteiger partial charge in [-0.2, -0.15) is 0 Å². The van der Waals surface area contributed by atoms with Crippen molar-refractivity contribution < 1.29 is 14.4 Å². The van der Waals surface area contributed by atoms with Gasteiger partial charge in [0.2, 0.25) is 5.95 Å². The van der Waals surface area contributed by atoms with Crippen LogP contribution in [0.1, 0.15) is 34.8 Å². The monoisotopic (exact) mass is 492 g/mol. The Labute approximate surface area is 213 Å². The molecular weight excluding hydrogens is 456 g/mol. The number of hydroxylamine groups is 1. The molecule has 4 rings (SSSR count). The second-order valence-corrected chi connectivity index (χ2v) is 9.04. The molecule has 1 aromatic carbocycles. The van der Waals surface area contributed by atoms with Gasteiger partial charge in [0, 0.05) is 55.9 Å². The van der Waals surface area contributed by atoms with Crippen molar-refractivity contribution in [2.24, 2.45) is 0 Å². The molecule has 0 unspecified atom stereocenters. The first-order chi connectivity index (χ1) is 17.6. The van der Waals surface area contributed by atoms with Crippen molar-refractivity contribution in [3.05, 3.63) is 71.2 Å². The fourth-order valence-corrected chi connectivity index (χ4v) is 4.56. The highest BCUT2D eigenvalue weighted by atomic mass is 16.6. The van der Waals surface area contributed by atoms with Gasteiger partial charge in [0.15, 0.2) is 0 Å². The first-order valence-corrected chi connectivity index (χ1v) is 12.5. The molecule has 1 aliphatic carbocycles. The molecule has 1 amide bonds. The number of hydrogen-bond donors (Lipinski definition) is 2. The summed E-state index contributed by atoms with van der Waals surface area (Å²) in [4.78, 5) is 30.9. The molecule has 0 spiro atoms. The van der Waals surface area contributed by atoms with Crippen LogP contribution in [0.4, 0.5) is 5.95 Å². The van der Waals surface area contributed by atoms with Crippen LogP contribution in [0, 0.1) is 0 Å². The minimum atomic E-state index is -0.312. The molecule has 1 fully saturated rings. The van der Waals surface area contributed by atoms with Gasteiger partial charge in [-0.25, -0.2) is 15.4 Å². The predicted octanol–water partition coefficient (Wildman–Crippen LogP) is 2.82. The number of anilines is 1. The Hall–Kier alpha value is -3.27. The average Bonchev–Trinajstić information content (AvgIpc) is 2.93. The third-order valence-electron chi connectivity index (χ3n) is 6.72. The minimum Gasteiger partial charge on any atom is -0.497 e. The third-order valence-corrected chi connectivity index (χ3v) is 6.72. The largest absolute Gasteiger partial charge is 0.497 e. The summed E-state index contributed by atoms with van der Waals surface area (Å²) in [5.74, 6) is 0.904. The zero-order valence-corrected chi connectivity index (χ0v) is 21.4. The number of amides is 1. The number of hydrogen-bond acceptors (Lipinski definition) is 8. The van der Waals surface area contributed by atoms with Gasteiger partial charge in [-0.3, -0.25) is 14.5 Å². The lowest BCUT2D eigenvalue weighted by molar-refractivity contribution is 0.0537. The van der Waals surface area contributed by atoms with E-state index in [1.807, 2.05) is 24.5 Å². The molecule has 2 N–H and O–H groups in total. The number of carbonyl (C=O) groups is 1. The van der Waals surface area contributed by atoms with Gasteiger partial charge >= 0.3 is 0 Å². The SMILES string of the molecule is CCN1CCN([C@H]2C=CC(Nc3ncc(CCc4cc(OC)cc(C(=O)NOC)c4)cn3)=CC2)CC1. The average molecular weight is 493 g/mol. The molecule has 0 bridgehead atoms. The van der Waals surface area contributed by atoms with Crippen molar-refractivity contribution in [3.63, 3.8) is 0 Å². The van der Waals surface area contributed by atoms with Crippen molar-refractivity contribution in [2.75, 3.05) is 52.3 Å². The van der Waals surface area contributed by atoms with Crippen molar-refractivity contribution in [3.8, 4) is 5.75 Å². The molecule has 0 saturated carbocycles. The summed E-state index contributed by atoms with van der Waals surface area (Å²) in [6.45, 7) is 7.92. The highest BCUT2D eigenvalue weighted by molar-refractivity contribution is 5.94. The van der Waals surface area contributed by atoms with E-state index in [1.54, 1.807) is 13.2 Å². The summed E-state index contributed by atoms with van der Waals surface area (Å²) in [6.07, 6.45) is 12.8. The van der Waals surface area contributed by atoms with Crippen LogP contribution in [0.5, 0.6) is 5.75 Å². The minimum absolute atomic E-state index is 0.312. The number of allylic oxidation sites excluding steroid dienone is 1. The molecule has 9 heteroatoms. The van der Waals surface area contributed by atoms with Gasteiger partial charge in [-0.05, 0) is 61.2 Å². The smallest absolute Gasteiger partial charge is 0.274 e. The van der Waals surface area contributed by atoms with Crippen LogP contribution < -0.4 is 15.5 Å². The number of aromatic nitrogens is 2. The second-order valence-electron chi connectivity index (χ2n) is 9.04. The van der Waals surface area contributed by atoms with Crippen LogP contribution in [0.15, 0.2) is 54.5 Å². The zero-order chi connectivity index (χ0) is 25.3. The lowest BCUT2D eigenvalue weighted by atomic mass is 10.0. The molecule has 1 aromatic heterocycles. The Balaban J connectivity index is 1.28. The molecule has 2 aromatic rings. The predicted molar refractivity (Wildman–Crippen MR) is 140 cm³/mol. The summed E-state index contributed by atoms with van der Waals surface area (Å²) < 4.78 is 5.34. The van der Waals surface area contributed by atoms with E-state index < -0.39 is 0 Å². The highest BCUT2D eigenvalue weighted by Gasteiger charge is 2.22. The van der Waals surface area contributed by atoms with E-state index in [9.17, 15) is 4.79 Å². The summed E-state index contributed by atoms with van der Waals surface area (Å²) in [6, 6.07) is 5.92. The van der Waals surface area contributed by atoms with E-state index in [4.69, 9.17) is 9.57 Å². The number of piperazine rings is 1. The molecule has 2 aliphatic rings. The van der Waals surface area contributed by atoms with Crippen molar-refractivity contribution in [2.45, 2.75) is 32.2 Å². The van der Waals surface area contributed by atoms with Crippen molar-refractivity contribution in [1.29, 1.82) is 0 Å². The molecule has 2 heterocycles. The van der Waals surface area contributed by atoms with Crippen LogP contribution in [0.25, 0.3) is 0 Å². The normalized spacial score (nSPS) is 18.5. The number of benzene rings is 1. The molecule has 192 valence electrons. The number of nitrogens with zero attached hydrogens (tertiary/aromatic N) is 4. The zero-order valence-electron chi connectivity index (χ0n) is 21.4. The lowest BCUT2D eigenvalue weighted by Gasteiger charge is -2.38. The summed E-state index contributed by atoms with van der Waals surface area (Å²) >= 11 is 0. The Morgan fingerprint density at radius 1 is 1.06 bits per heavy atom. The number of methoxy groups -OCH3 is 1. The van der Waals surface area contributed by atoms with Crippen molar-refractivity contribution in [1.82, 2.24) is 25.2 Å². The van der Waals surface area contributed by atoms with E-state index in [0.717, 1.165) is 68.8 Å². The maximum Gasteiger partial charge on any atom is 0.274 e. The van der Waals surface area contributed by atoms with Crippen LogP contribution in [-0.4, -0.2) is 78.7 Å². The number of carbonyl (C=O) groups excluding carboxylic acids is 1. The van der Waals surface area contributed by atoms with Gasteiger partial charge in [-0.1, -0.05) is 19.1 Å². The topological polar surface area (TPSA) is 91.8 Å². The first kappa shape index (κ1) is 25.8. The van der Waals surface area contributed by atoms with Gasteiger partial charge in [-0.15, -0.1) is 0 Å². The quantitative estimate of drug-likeness (QED) is 0.490.